The van der Waals surface area contributed by atoms with Gasteiger partial charge in [-0.15, -0.1) is 0 Å². The van der Waals surface area contributed by atoms with Gasteiger partial charge < -0.3 is 10.1 Å². The Labute approximate surface area is 101 Å². The molecule has 0 bridgehead atoms. The van der Waals surface area contributed by atoms with E-state index < -0.39 is 0 Å². The molecule has 1 fully saturated rings. The lowest BCUT2D eigenvalue weighted by Crippen LogP contribution is -2.42. The largest absolute Gasteiger partial charge is 0.481 e. The molecule has 1 N–H and O–H groups in total. The van der Waals surface area contributed by atoms with Crippen LogP contribution in [0.25, 0.3) is 0 Å². The molecule has 2 rings (SSSR count). The molecule has 1 aliphatic rings. The first-order chi connectivity index (χ1) is 7.79. The van der Waals surface area contributed by atoms with Crippen molar-refractivity contribution < 1.29 is 4.74 Å². The zero-order valence-electron chi connectivity index (χ0n) is 9.37. The number of pyridine rings is 1. The fourth-order valence-electron chi connectivity index (χ4n) is 1.80. The van der Waals surface area contributed by atoms with E-state index in [-0.39, 0.29) is 0 Å². The summed E-state index contributed by atoms with van der Waals surface area (Å²) in [5.74, 6) is 0.620. The first-order valence-electron chi connectivity index (χ1n) is 5.41. The van der Waals surface area contributed by atoms with Crippen molar-refractivity contribution in [1.29, 1.82) is 0 Å². The summed E-state index contributed by atoms with van der Waals surface area (Å²) in [4.78, 5) is 6.44. The Bertz CT molecular complexity index is 353. The number of hydrogen-bond acceptors (Lipinski definition) is 4. The van der Waals surface area contributed by atoms with Crippen LogP contribution in [-0.4, -0.2) is 43.2 Å². The Balaban J connectivity index is 2.06. The van der Waals surface area contributed by atoms with Crippen LogP contribution in [0.4, 0.5) is 0 Å². The number of nitrogens with zero attached hydrogens (tertiary/aromatic N) is 2. The van der Waals surface area contributed by atoms with Crippen molar-refractivity contribution in [3.05, 3.63) is 22.8 Å². The molecule has 0 unspecified atom stereocenters. The number of methoxy groups -OCH3 is 1. The second kappa shape index (κ2) is 5.48. The standard InChI is InChI=1S/C11H16ClN3O/c1-16-11-6-9(10(12)7-14-11)8-15-4-2-13-3-5-15/h6-7,13H,2-5,8H2,1H3. The zero-order chi connectivity index (χ0) is 11.4. The van der Waals surface area contributed by atoms with E-state index in [2.05, 4.69) is 15.2 Å². The average Bonchev–Trinajstić information content (AvgIpc) is 2.33. The summed E-state index contributed by atoms with van der Waals surface area (Å²) in [5.41, 5.74) is 1.08. The summed E-state index contributed by atoms with van der Waals surface area (Å²) in [6.45, 7) is 5.06. The van der Waals surface area contributed by atoms with Gasteiger partial charge in [-0.25, -0.2) is 4.98 Å². The van der Waals surface area contributed by atoms with E-state index in [1.807, 2.05) is 6.07 Å². The molecule has 0 aliphatic carbocycles. The van der Waals surface area contributed by atoms with Crippen LogP contribution in [0.3, 0.4) is 0 Å². The van der Waals surface area contributed by atoms with Gasteiger partial charge in [0.05, 0.1) is 12.1 Å². The predicted octanol–water partition coefficient (Wildman–Crippen LogP) is 1.15. The van der Waals surface area contributed by atoms with Crippen molar-refractivity contribution >= 4 is 11.6 Å². The lowest BCUT2D eigenvalue weighted by atomic mass is 10.2. The highest BCUT2D eigenvalue weighted by atomic mass is 35.5. The minimum absolute atomic E-state index is 0.620. The van der Waals surface area contributed by atoms with E-state index in [0.29, 0.717) is 10.9 Å². The SMILES string of the molecule is COc1cc(CN2CCNCC2)c(Cl)cn1. The van der Waals surface area contributed by atoms with Gasteiger partial charge in [0.15, 0.2) is 0 Å². The summed E-state index contributed by atoms with van der Waals surface area (Å²) in [5, 5.41) is 4.03. The number of halogens is 1. The van der Waals surface area contributed by atoms with E-state index in [1.54, 1.807) is 13.3 Å². The highest BCUT2D eigenvalue weighted by Gasteiger charge is 2.12. The van der Waals surface area contributed by atoms with Crippen molar-refractivity contribution in [3.63, 3.8) is 0 Å². The minimum Gasteiger partial charge on any atom is -0.481 e. The summed E-state index contributed by atoms with van der Waals surface area (Å²) >= 11 is 6.11. The minimum atomic E-state index is 0.620. The summed E-state index contributed by atoms with van der Waals surface area (Å²) in [6.07, 6.45) is 1.65. The number of nitrogens with one attached hydrogen (secondary N) is 1. The molecule has 16 heavy (non-hydrogen) atoms. The average molecular weight is 242 g/mol. The third-order valence-electron chi connectivity index (χ3n) is 2.72. The van der Waals surface area contributed by atoms with E-state index in [9.17, 15) is 0 Å². The maximum atomic E-state index is 6.11. The monoisotopic (exact) mass is 241 g/mol. The lowest BCUT2D eigenvalue weighted by Gasteiger charge is -2.27. The number of aromatic nitrogens is 1. The van der Waals surface area contributed by atoms with Crippen LogP contribution in [0.2, 0.25) is 5.02 Å². The van der Waals surface area contributed by atoms with Crippen molar-refractivity contribution in [2.45, 2.75) is 6.54 Å². The molecule has 1 aromatic rings. The molecular weight excluding hydrogens is 226 g/mol. The highest BCUT2D eigenvalue weighted by molar-refractivity contribution is 6.31. The Morgan fingerprint density at radius 3 is 2.94 bits per heavy atom. The van der Waals surface area contributed by atoms with Crippen LogP contribution in [0.5, 0.6) is 5.88 Å². The van der Waals surface area contributed by atoms with Gasteiger partial charge in [0.2, 0.25) is 5.88 Å². The van der Waals surface area contributed by atoms with E-state index in [4.69, 9.17) is 16.3 Å². The normalized spacial score (nSPS) is 17.4. The molecule has 0 saturated carbocycles. The van der Waals surface area contributed by atoms with Gasteiger partial charge in [-0.2, -0.15) is 0 Å². The number of ether oxygens (including phenoxy) is 1. The third kappa shape index (κ3) is 2.84. The van der Waals surface area contributed by atoms with Gasteiger partial charge in [-0.05, 0) is 5.56 Å². The zero-order valence-corrected chi connectivity index (χ0v) is 10.1. The molecule has 2 heterocycles. The van der Waals surface area contributed by atoms with E-state index >= 15 is 0 Å². The van der Waals surface area contributed by atoms with Gasteiger partial charge >= 0.3 is 0 Å². The maximum absolute atomic E-state index is 6.11. The Morgan fingerprint density at radius 2 is 2.25 bits per heavy atom. The summed E-state index contributed by atoms with van der Waals surface area (Å²) in [6, 6.07) is 1.91. The molecule has 0 amide bonds. The lowest BCUT2D eigenvalue weighted by molar-refractivity contribution is 0.233. The molecule has 0 radical (unpaired) electrons. The van der Waals surface area contributed by atoms with Crippen molar-refractivity contribution in [2.24, 2.45) is 0 Å². The second-order valence-electron chi connectivity index (χ2n) is 3.84. The van der Waals surface area contributed by atoms with E-state index in [0.717, 1.165) is 38.3 Å². The maximum Gasteiger partial charge on any atom is 0.213 e. The Hall–Kier alpha value is -0.840. The molecule has 5 heteroatoms. The smallest absolute Gasteiger partial charge is 0.213 e. The van der Waals surface area contributed by atoms with Crippen LogP contribution in [0.15, 0.2) is 12.3 Å². The summed E-state index contributed by atoms with van der Waals surface area (Å²) in [7, 11) is 1.62. The molecule has 0 atom stereocenters. The molecule has 88 valence electrons. The van der Waals surface area contributed by atoms with Crippen LogP contribution in [-0.2, 0) is 6.54 Å². The van der Waals surface area contributed by atoms with Crippen molar-refractivity contribution in [3.8, 4) is 5.88 Å². The van der Waals surface area contributed by atoms with Crippen LogP contribution >= 0.6 is 11.6 Å². The van der Waals surface area contributed by atoms with E-state index in [1.165, 1.54) is 0 Å². The first-order valence-corrected chi connectivity index (χ1v) is 5.79. The molecule has 0 spiro atoms. The number of rotatable bonds is 3. The van der Waals surface area contributed by atoms with Gasteiger partial charge in [-0.3, -0.25) is 4.90 Å². The van der Waals surface area contributed by atoms with Crippen LogP contribution < -0.4 is 10.1 Å². The quantitative estimate of drug-likeness (QED) is 0.862. The molecule has 4 nitrogen and oxygen atoms in total. The molecule has 1 aliphatic heterocycles. The van der Waals surface area contributed by atoms with Gasteiger partial charge in [0.25, 0.3) is 0 Å². The van der Waals surface area contributed by atoms with Crippen molar-refractivity contribution in [1.82, 2.24) is 15.2 Å². The second-order valence-corrected chi connectivity index (χ2v) is 4.25. The van der Waals surface area contributed by atoms with Gasteiger partial charge in [-0.1, -0.05) is 11.6 Å². The van der Waals surface area contributed by atoms with Gasteiger partial charge in [0.1, 0.15) is 0 Å². The Kier molecular flexibility index (Phi) is 3.98. The highest BCUT2D eigenvalue weighted by Crippen LogP contribution is 2.20. The number of piperazine rings is 1. The van der Waals surface area contributed by atoms with Crippen LogP contribution in [0, 0.1) is 0 Å². The summed E-state index contributed by atoms with van der Waals surface area (Å²) < 4.78 is 5.10. The van der Waals surface area contributed by atoms with Crippen molar-refractivity contribution in [2.75, 3.05) is 33.3 Å². The Morgan fingerprint density at radius 1 is 1.50 bits per heavy atom. The third-order valence-corrected chi connectivity index (χ3v) is 3.06. The molecular formula is C11H16ClN3O. The molecule has 0 aromatic carbocycles. The predicted molar refractivity (Wildman–Crippen MR) is 63.9 cm³/mol. The molecule has 1 aromatic heterocycles. The fraction of sp³-hybridized carbons (Fsp3) is 0.545. The topological polar surface area (TPSA) is 37.4 Å². The molecule has 1 saturated heterocycles. The fourth-order valence-corrected chi connectivity index (χ4v) is 1.96. The first kappa shape index (κ1) is 11.6. The number of hydrogen-bond donors (Lipinski definition) is 1. The van der Waals surface area contributed by atoms with Gasteiger partial charge in [0, 0.05) is 45.0 Å². The van der Waals surface area contributed by atoms with Crippen LogP contribution in [0.1, 0.15) is 5.56 Å².